The van der Waals surface area contributed by atoms with Crippen LogP contribution in [-0.4, -0.2) is 24.8 Å². The van der Waals surface area contributed by atoms with Gasteiger partial charge in [0.05, 0.1) is 12.7 Å². The lowest BCUT2D eigenvalue weighted by Crippen LogP contribution is -2.59. The first kappa shape index (κ1) is 12.4. The Hall–Kier alpha value is -0.0800. The average Bonchev–Trinajstić information content (AvgIpc) is 2.18. The fraction of sp³-hybridized carbons (Fsp3) is 1.00. The molecule has 1 aliphatic heterocycles. The van der Waals surface area contributed by atoms with Gasteiger partial charge in [-0.15, -0.1) is 0 Å². The predicted molar refractivity (Wildman–Crippen MR) is 67.5 cm³/mol. The van der Waals surface area contributed by atoms with E-state index in [2.05, 4.69) is 33.0 Å². The predicted octanol–water partition coefficient (Wildman–Crippen LogP) is 2.82. The highest BCUT2D eigenvalue weighted by Gasteiger charge is 2.38. The maximum absolute atomic E-state index is 6.07. The van der Waals surface area contributed by atoms with Gasteiger partial charge >= 0.3 is 0 Å². The van der Waals surface area contributed by atoms with E-state index in [4.69, 9.17) is 4.74 Å². The molecule has 0 spiro atoms. The highest BCUT2D eigenvalue weighted by Crippen LogP contribution is 2.33. The number of hydrogen-bond acceptors (Lipinski definition) is 2. The highest BCUT2D eigenvalue weighted by molar-refractivity contribution is 4.94. The molecule has 2 heteroatoms. The van der Waals surface area contributed by atoms with Crippen LogP contribution in [0.25, 0.3) is 0 Å². The minimum absolute atomic E-state index is 0.474. The third kappa shape index (κ3) is 2.78. The Morgan fingerprint density at radius 3 is 2.69 bits per heavy atom. The lowest BCUT2D eigenvalue weighted by molar-refractivity contribution is -0.0747. The molecule has 5 unspecified atom stereocenters. The monoisotopic (exact) mass is 225 g/mol. The second kappa shape index (κ2) is 5.05. The highest BCUT2D eigenvalue weighted by atomic mass is 16.5. The maximum Gasteiger partial charge on any atom is 0.0734 e. The van der Waals surface area contributed by atoms with Crippen molar-refractivity contribution in [2.75, 3.05) is 6.61 Å². The van der Waals surface area contributed by atoms with E-state index in [1.807, 2.05) is 0 Å². The van der Waals surface area contributed by atoms with E-state index in [9.17, 15) is 0 Å². The summed E-state index contributed by atoms with van der Waals surface area (Å²) in [6.45, 7) is 10.2. The van der Waals surface area contributed by atoms with E-state index in [-0.39, 0.29) is 0 Å². The Labute approximate surface area is 100 Å². The number of morpholine rings is 1. The fourth-order valence-corrected chi connectivity index (χ4v) is 3.50. The molecule has 1 saturated heterocycles. The lowest BCUT2D eigenvalue weighted by Gasteiger charge is -2.46. The van der Waals surface area contributed by atoms with E-state index in [1.54, 1.807) is 0 Å². The van der Waals surface area contributed by atoms with Crippen molar-refractivity contribution in [3.63, 3.8) is 0 Å². The van der Waals surface area contributed by atoms with Gasteiger partial charge in [0.25, 0.3) is 0 Å². The summed E-state index contributed by atoms with van der Waals surface area (Å²) in [5.74, 6) is 2.36. The Kier molecular flexibility index (Phi) is 3.91. The zero-order valence-electron chi connectivity index (χ0n) is 11.2. The number of rotatable bonds is 2. The number of ether oxygens (including phenoxy) is 1. The van der Waals surface area contributed by atoms with Crippen LogP contribution in [0.5, 0.6) is 0 Å². The second-order valence-electron chi connectivity index (χ2n) is 6.44. The van der Waals surface area contributed by atoms with Crippen molar-refractivity contribution in [2.24, 2.45) is 17.8 Å². The SMILES string of the molecule is CC(C)CC1COC2CC(C)CC(C)C2N1. The first-order chi connectivity index (χ1) is 7.56. The van der Waals surface area contributed by atoms with Gasteiger partial charge < -0.3 is 10.1 Å². The van der Waals surface area contributed by atoms with Crippen molar-refractivity contribution in [1.82, 2.24) is 5.32 Å². The Morgan fingerprint density at radius 1 is 1.25 bits per heavy atom. The van der Waals surface area contributed by atoms with Crippen LogP contribution in [0.1, 0.15) is 47.0 Å². The summed E-state index contributed by atoms with van der Waals surface area (Å²) in [5.41, 5.74) is 0. The van der Waals surface area contributed by atoms with Crippen molar-refractivity contribution in [2.45, 2.75) is 65.1 Å². The summed E-state index contributed by atoms with van der Waals surface area (Å²) in [6.07, 6.45) is 4.32. The van der Waals surface area contributed by atoms with E-state index < -0.39 is 0 Å². The van der Waals surface area contributed by atoms with E-state index >= 15 is 0 Å². The largest absolute Gasteiger partial charge is 0.375 e. The standard InChI is InChI=1S/C14H27NO/c1-9(2)5-12-8-16-13-7-10(3)6-11(4)14(13)15-12/h9-15H,5-8H2,1-4H3. The van der Waals surface area contributed by atoms with Gasteiger partial charge in [0, 0.05) is 12.1 Å². The topological polar surface area (TPSA) is 21.3 Å². The van der Waals surface area contributed by atoms with Gasteiger partial charge in [0.15, 0.2) is 0 Å². The summed E-state index contributed by atoms with van der Waals surface area (Å²) >= 11 is 0. The van der Waals surface area contributed by atoms with E-state index in [1.165, 1.54) is 19.3 Å². The molecular formula is C14H27NO. The van der Waals surface area contributed by atoms with Crippen LogP contribution in [0.15, 0.2) is 0 Å². The molecule has 1 aliphatic carbocycles. The molecule has 2 rings (SSSR count). The molecule has 2 fully saturated rings. The molecule has 1 heterocycles. The first-order valence-electron chi connectivity index (χ1n) is 6.94. The molecule has 2 aliphatic rings. The molecule has 0 aromatic carbocycles. The minimum Gasteiger partial charge on any atom is -0.375 e. The van der Waals surface area contributed by atoms with Gasteiger partial charge in [-0.25, -0.2) is 0 Å². The average molecular weight is 225 g/mol. The quantitative estimate of drug-likeness (QED) is 0.780. The molecule has 1 N–H and O–H groups in total. The van der Waals surface area contributed by atoms with Gasteiger partial charge in [-0.3, -0.25) is 0 Å². The summed E-state index contributed by atoms with van der Waals surface area (Å²) in [6, 6.07) is 1.19. The van der Waals surface area contributed by atoms with Gasteiger partial charge in [-0.1, -0.05) is 27.7 Å². The summed E-state index contributed by atoms with van der Waals surface area (Å²) in [4.78, 5) is 0. The maximum atomic E-state index is 6.07. The van der Waals surface area contributed by atoms with Gasteiger partial charge in [0.1, 0.15) is 0 Å². The molecule has 0 aromatic heterocycles. The molecular weight excluding hydrogens is 198 g/mol. The smallest absolute Gasteiger partial charge is 0.0734 e. The van der Waals surface area contributed by atoms with Crippen LogP contribution in [0.3, 0.4) is 0 Å². The van der Waals surface area contributed by atoms with Gasteiger partial charge in [-0.05, 0) is 37.0 Å². The number of hydrogen-bond donors (Lipinski definition) is 1. The van der Waals surface area contributed by atoms with E-state index in [0.717, 1.165) is 24.4 Å². The lowest BCUT2D eigenvalue weighted by atomic mass is 9.76. The van der Waals surface area contributed by atoms with Crippen molar-refractivity contribution in [3.8, 4) is 0 Å². The number of nitrogens with one attached hydrogen (secondary N) is 1. The summed E-state index contributed by atoms with van der Waals surface area (Å²) in [7, 11) is 0. The molecule has 16 heavy (non-hydrogen) atoms. The van der Waals surface area contributed by atoms with Crippen LogP contribution in [0, 0.1) is 17.8 Å². The first-order valence-corrected chi connectivity index (χ1v) is 6.94. The van der Waals surface area contributed by atoms with Gasteiger partial charge in [-0.2, -0.15) is 0 Å². The summed E-state index contributed by atoms with van der Waals surface area (Å²) < 4.78 is 6.07. The zero-order valence-corrected chi connectivity index (χ0v) is 11.2. The molecule has 0 aromatic rings. The van der Waals surface area contributed by atoms with Gasteiger partial charge in [0.2, 0.25) is 0 Å². The minimum atomic E-state index is 0.474. The van der Waals surface area contributed by atoms with Crippen molar-refractivity contribution in [3.05, 3.63) is 0 Å². The Balaban J connectivity index is 1.92. The fourth-order valence-electron chi connectivity index (χ4n) is 3.50. The second-order valence-corrected chi connectivity index (χ2v) is 6.44. The molecule has 0 bridgehead atoms. The van der Waals surface area contributed by atoms with E-state index in [0.29, 0.717) is 18.2 Å². The van der Waals surface area contributed by atoms with Crippen LogP contribution >= 0.6 is 0 Å². The van der Waals surface area contributed by atoms with Crippen LogP contribution in [0.4, 0.5) is 0 Å². The molecule has 0 amide bonds. The molecule has 0 radical (unpaired) electrons. The molecule has 5 atom stereocenters. The van der Waals surface area contributed by atoms with Crippen LogP contribution in [0.2, 0.25) is 0 Å². The number of fused-ring (bicyclic) bond motifs is 1. The van der Waals surface area contributed by atoms with Crippen LogP contribution < -0.4 is 5.32 Å². The third-order valence-corrected chi connectivity index (χ3v) is 4.12. The normalized spacial score (nSPS) is 44.4. The van der Waals surface area contributed by atoms with Crippen molar-refractivity contribution >= 4 is 0 Å². The zero-order chi connectivity index (χ0) is 11.7. The molecule has 1 saturated carbocycles. The molecule has 94 valence electrons. The van der Waals surface area contributed by atoms with Crippen molar-refractivity contribution < 1.29 is 4.74 Å². The van der Waals surface area contributed by atoms with Crippen LogP contribution in [-0.2, 0) is 4.74 Å². The third-order valence-electron chi connectivity index (χ3n) is 4.12. The Bertz CT molecular complexity index is 229. The van der Waals surface area contributed by atoms with Crippen molar-refractivity contribution in [1.29, 1.82) is 0 Å². The summed E-state index contributed by atoms with van der Waals surface area (Å²) in [5, 5.41) is 3.83. The Morgan fingerprint density at radius 2 is 2.00 bits per heavy atom. The molecule has 2 nitrogen and oxygen atoms in total.